The van der Waals surface area contributed by atoms with E-state index >= 15 is 0 Å². The number of fused-ring (bicyclic) bond motifs is 1. The molecule has 158 valence electrons. The highest BCUT2D eigenvalue weighted by molar-refractivity contribution is 9.11. The van der Waals surface area contributed by atoms with Crippen LogP contribution < -0.4 is 4.74 Å². The van der Waals surface area contributed by atoms with Gasteiger partial charge in [0.15, 0.2) is 12.1 Å². The number of benzene rings is 1. The van der Waals surface area contributed by atoms with Crippen LogP contribution in [-0.4, -0.2) is 21.4 Å². The van der Waals surface area contributed by atoms with Crippen molar-refractivity contribution in [2.45, 2.75) is 38.5 Å². The normalized spacial score (nSPS) is 18.6. The van der Waals surface area contributed by atoms with Crippen LogP contribution in [0.15, 0.2) is 35.6 Å². The van der Waals surface area contributed by atoms with E-state index in [0.29, 0.717) is 33.4 Å². The average molecular weight is 515 g/mol. The highest BCUT2D eigenvalue weighted by Crippen LogP contribution is 2.36. The second kappa shape index (κ2) is 9.22. The van der Waals surface area contributed by atoms with E-state index in [4.69, 9.17) is 32.7 Å². The third-order valence-corrected chi connectivity index (χ3v) is 6.04. The molecule has 2 atom stereocenters. The maximum absolute atomic E-state index is 14.6. The number of rotatable bonds is 5. The smallest absolute Gasteiger partial charge is 0.158 e. The monoisotopic (exact) mass is 513 g/mol. The third-order valence-electron chi connectivity index (χ3n) is 5.04. The number of hydrogen-bond donors (Lipinski definition) is 0. The molecule has 1 saturated heterocycles. The highest BCUT2D eigenvalue weighted by atomic mass is 79.9. The van der Waals surface area contributed by atoms with Crippen LogP contribution in [-0.2, 0) is 4.74 Å². The quantitative estimate of drug-likeness (QED) is 0.360. The Kier molecular flexibility index (Phi) is 6.63. The Hall–Kier alpha value is -1.67. The molecule has 9 heteroatoms. The fourth-order valence-corrected chi connectivity index (χ4v) is 4.52. The SMILES string of the molecule is CC(Oc1ccc2c(c1)c(/C(F)=C/Br)nn2C1CCCCO1)c1c(Cl)cncc1Cl. The van der Waals surface area contributed by atoms with E-state index in [2.05, 4.69) is 26.0 Å². The van der Waals surface area contributed by atoms with Crippen LogP contribution >= 0.6 is 39.1 Å². The Morgan fingerprint density at radius 2 is 2.10 bits per heavy atom. The van der Waals surface area contributed by atoms with Crippen LogP contribution in [0.1, 0.15) is 49.8 Å². The van der Waals surface area contributed by atoms with Gasteiger partial charge in [-0.2, -0.15) is 5.10 Å². The van der Waals surface area contributed by atoms with Crippen LogP contribution in [0.5, 0.6) is 5.75 Å². The molecule has 2 aromatic heterocycles. The molecule has 0 spiro atoms. The molecule has 0 amide bonds. The Bertz CT molecular complexity index is 1080. The van der Waals surface area contributed by atoms with Crippen molar-refractivity contribution < 1.29 is 13.9 Å². The Morgan fingerprint density at radius 1 is 1.33 bits per heavy atom. The van der Waals surface area contributed by atoms with Crippen molar-refractivity contribution in [3.8, 4) is 5.75 Å². The summed E-state index contributed by atoms with van der Waals surface area (Å²) in [5.41, 5.74) is 1.65. The molecule has 1 fully saturated rings. The Morgan fingerprint density at radius 3 is 2.77 bits per heavy atom. The number of ether oxygens (including phenoxy) is 2. The summed E-state index contributed by atoms with van der Waals surface area (Å²) in [5, 5.41) is 5.98. The van der Waals surface area contributed by atoms with Crippen molar-refractivity contribution in [2.75, 3.05) is 6.61 Å². The lowest BCUT2D eigenvalue weighted by molar-refractivity contribution is -0.0367. The molecule has 30 heavy (non-hydrogen) atoms. The fraction of sp³-hybridized carbons (Fsp3) is 0.333. The minimum Gasteiger partial charge on any atom is -0.486 e. The van der Waals surface area contributed by atoms with Crippen molar-refractivity contribution in [3.05, 3.63) is 56.9 Å². The van der Waals surface area contributed by atoms with Crippen LogP contribution in [0.2, 0.25) is 10.0 Å². The summed E-state index contributed by atoms with van der Waals surface area (Å²) >= 11 is 15.6. The number of aromatic nitrogens is 3. The second-order valence-corrected chi connectivity index (χ2v) is 8.30. The van der Waals surface area contributed by atoms with Gasteiger partial charge in [-0.15, -0.1) is 0 Å². The minimum atomic E-state index is -0.472. The van der Waals surface area contributed by atoms with Crippen LogP contribution in [0.4, 0.5) is 4.39 Å². The first-order valence-electron chi connectivity index (χ1n) is 9.55. The topological polar surface area (TPSA) is 49.2 Å². The van der Waals surface area contributed by atoms with Crippen molar-refractivity contribution in [3.63, 3.8) is 0 Å². The standard InChI is InChI=1S/C21H19BrCl2FN3O2/c1-12(20-15(23)10-26-11-16(20)24)30-13-5-6-18-14(8-13)21(17(25)9-22)27-28(18)19-4-2-3-7-29-19/h5-6,8-12,19H,2-4,7H2,1H3/b17-9-. The molecule has 2 unspecified atom stereocenters. The summed E-state index contributed by atoms with van der Waals surface area (Å²) in [7, 11) is 0. The lowest BCUT2D eigenvalue weighted by Crippen LogP contribution is -2.19. The molecule has 0 bridgehead atoms. The van der Waals surface area contributed by atoms with E-state index in [-0.39, 0.29) is 11.9 Å². The van der Waals surface area contributed by atoms with Gasteiger partial charge in [-0.3, -0.25) is 4.98 Å². The summed E-state index contributed by atoms with van der Waals surface area (Å²) in [6.07, 6.45) is 5.31. The van der Waals surface area contributed by atoms with Gasteiger partial charge in [0.1, 0.15) is 17.5 Å². The van der Waals surface area contributed by atoms with Gasteiger partial charge >= 0.3 is 0 Å². The van der Waals surface area contributed by atoms with Crippen LogP contribution in [0.25, 0.3) is 16.7 Å². The number of nitrogens with zero attached hydrogens (tertiary/aromatic N) is 3. The molecular weight excluding hydrogens is 496 g/mol. The molecule has 1 aliphatic heterocycles. The summed E-state index contributed by atoms with van der Waals surface area (Å²) < 4.78 is 28.2. The van der Waals surface area contributed by atoms with Gasteiger partial charge in [0.25, 0.3) is 0 Å². The molecule has 1 aliphatic rings. The molecule has 0 radical (unpaired) electrons. The van der Waals surface area contributed by atoms with Crippen molar-refractivity contribution in [2.24, 2.45) is 0 Å². The van der Waals surface area contributed by atoms with E-state index in [1.54, 1.807) is 10.7 Å². The first kappa shape index (κ1) is 21.6. The Balaban J connectivity index is 1.72. The maximum atomic E-state index is 14.6. The minimum absolute atomic E-state index is 0.210. The largest absolute Gasteiger partial charge is 0.486 e. The zero-order chi connectivity index (χ0) is 21.3. The van der Waals surface area contributed by atoms with Crippen LogP contribution in [0, 0.1) is 0 Å². The van der Waals surface area contributed by atoms with E-state index in [1.807, 2.05) is 19.1 Å². The summed E-state index contributed by atoms with van der Waals surface area (Å²) in [6.45, 7) is 2.51. The molecule has 3 heterocycles. The van der Waals surface area contributed by atoms with Crippen molar-refractivity contribution >= 4 is 55.9 Å². The number of halogens is 4. The van der Waals surface area contributed by atoms with Crippen LogP contribution in [0.3, 0.4) is 0 Å². The number of pyridine rings is 1. The van der Waals surface area contributed by atoms with Gasteiger partial charge in [-0.25, -0.2) is 9.07 Å². The molecule has 0 N–H and O–H groups in total. The lowest BCUT2D eigenvalue weighted by Gasteiger charge is -2.23. The molecule has 0 aliphatic carbocycles. The first-order valence-corrected chi connectivity index (χ1v) is 11.2. The molecule has 0 saturated carbocycles. The molecule has 5 nitrogen and oxygen atoms in total. The molecule has 3 aromatic rings. The highest BCUT2D eigenvalue weighted by Gasteiger charge is 2.23. The van der Waals surface area contributed by atoms with E-state index in [1.165, 1.54) is 17.4 Å². The van der Waals surface area contributed by atoms with Gasteiger partial charge in [0, 0.05) is 34.9 Å². The van der Waals surface area contributed by atoms with E-state index in [0.717, 1.165) is 24.8 Å². The zero-order valence-corrected chi connectivity index (χ0v) is 19.2. The summed E-state index contributed by atoms with van der Waals surface area (Å²) in [4.78, 5) is 5.18. The summed E-state index contributed by atoms with van der Waals surface area (Å²) in [6, 6.07) is 5.46. The predicted molar refractivity (Wildman–Crippen MR) is 120 cm³/mol. The average Bonchev–Trinajstić information content (AvgIpc) is 3.12. The maximum Gasteiger partial charge on any atom is 0.158 e. The van der Waals surface area contributed by atoms with Gasteiger partial charge in [0.05, 0.1) is 15.6 Å². The third kappa shape index (κ3) is 4.21. The predicted octanol–water partition coefficient (Wildman–Crippen LogP) is 7.24. The van der Waals surface area contributed by atoms with Gasteiger partial charge in [0.2, 0.25) is 0 Å². The van der Waals surface area contributed by atoms with Gasteiger partial charge in [-0.05, 0) is 44.4 Å². The van der Waals surface area contributed by atoms with Gasteiger partial charge in [-0.1, -0.05) is 39.1 Å². The molecule has 1 aromatic carbocycles. The number of hydrogen-bond acceptors (Lipinski definition) is 4. The molecule has 4 rings (SSSR count). The fourth-order valence-electron chi connectivity index (χ4n) is 3.63. The van der Waals surface area contributed by atoms with Gasteiger partial charge < -0.3 is 9.47 Å². The zero-order valence-electron chi connectivity index (χ0n) is 16.1. The molecular formula is C21H19BrCl2FN3O2. The lowest BCUT2D eigenvalue weighted by atomic mass is 10.1. The van der Waals surface area contributed by atoms with E-state index in [9.17, 15) is 4.39 Å². The second-order valence-electron chi connectivity index (χ2n) is 7.03. The Labute approximate surface area is 191 Å². The van der Waals surface area contributed by atoms with Crippen molar-refractivity contribution in [1.29, 1.82) is 0 Å². The van der Waals surface area contributed by atoms with Crippen molar-refractivity contribution in [1.82, 2.24) is 14.8 Å². The summed E-state index contributed by atoms with van der Waals surface area (Å²) in [5.74, 6) is 0.0756. The van der Waals surface area contributed by atoms with E-state index < -0.39 is 11.9 Å². The first-order chi connectivity index (χ1) is 14.5.